The number of aromatic nitrogens is 2. The number of hydrogen-bond acceptors (Lipinski definition) is 4. The monoisotopic (exact) mass is 365 g/mol. The molecule has 27 heavy (non-hydrogen) atoms. The van der Waals surface area contributed by atoms with Gasteiger partial charge in [-0.15, -0.1) is 0 Å². The van der Waals surface area contributed by atoms with Crippen molar-refractivity contribution < 1.29 is 9.53 Å². The van der Waals surface area contributed by atoms with E-state index in [1.54, 1.807) is 6.20 Å². The van der Waals surface area contributed by atoms with Crippen LogP contribution in [0.1, 0.15) is 13.8 Å². The molecule has 0 fully saturated rings. The smallest absolute Gasteiger partial charge is 0.324 e. The van der Waals surface area contributed by atoms with E-state index in [0.29, 0.717) is 12.3 Å². The first kappa shape index (κ1) is 18.9. The lowest BCUT2D eigenvalue weighted by Gasteiger charge is -2.28. The molecule has 0 unspecified atom stereocenters. The third-order valence-electron chi connectivity index (χ3n) is 4.22. The first-order valence-corrected chi connectivity index (χ1v) is 8.82. The SMILES string of the molecule is CN(C)CC(C)(C)COc1cccc(-c2cnc3c([c]cn3C(N)=O)c2)c1. The molecule has 0 bridgehead atoms. The van der Waals surface area contributed by atoms with E-state index in [1.165, 1.54) is 10.8 Å². The number of carbonyl (C=O) groups excluding carboxylic acids is 1. The molecule has 0 spiro atoms. The molecule has 1 amide bonds. The third kappa shape index (κ3) is 4.46. The molecule has 3 aromatic rings. The number of fused-ring (bicyclic) bond motifs is 1. The Hall–Kier alpha value is -2.86. The zero-order chi connectivity index (χ0) is 19.6. The van der Waals surface area contributed by atoms with Gasteiger partial charge in [0, 0.05) is 41.4 Å². The van der Waals surface area contributed by atoms with Gasteiger partial charge in [-0.3, -0.25) is 4.57 Å². The van der Waals surface area contributed by atoms with Crippen LogP contribution in [0.3, 0.4) is 0 Å². The maximum Gasteiger partial charge on any atom is 0.324 e. The van der Waals surface area contributed by atoms with E-state index >= 15 is 0 Å². The quantitative estimate of drug-likeness (QED) is 0.727. The molecule has 141 valence electrons. The van der Waals surface area contributed by atoms with Crippen molar-refractivity contribution >= 4 is 17.1 Å². The van der Waals surface area contributed by atoms with Crippen LogP contribution in [0.15, 0.2) is 42.7 Å². The van der Waals surface area contributed by atoms with Crippen molar-refractivity contribution in [2.24, 2.45) is 11.1 Å². The zero-order valence-corrected chi connectivity index (χ0v) is 16.2. The number of ether oxygens (including phenoxy) is 1. The Labute approximate surface area is 159 Å². The number of nitrogens with zero attached hydrogens (tertiary/aromatic N) is 3. The minimum absolute atomic E-state index is 0.0482. The third-order valence-corrected chi connectivity index (χ3v) is 4.22. The molecule has 6 nitrogen and oxygen atoms in total. The zero-order valence-electron chi connectivity index (χ0n) is 16.2. The van der Waals surface area contributed by atoms with Crippen LogP contribution in [0.2, 0.25) is 0 Å². The molecule has 0 aliphatic carbocycles. The molecule has 3 rings (SSSR count). The minimum atomic E-state index is -0.572. The van der Waals surface area contributed by atoms with Gasteiger partial charge in [0.15, 0.2) is 0 Å². The molecule has 0 saturated heterocycles. The fourth-order valence-corrected chi connectivity index (χ4v) is 3.22. The van der Waals surface area contributed by atoms with Crippen LogP contribution in [0, 0.1) is 11.5 Å². The average molecular weight is 365 g/mol. The van der Waals surface area contributed by atoms with Crippen molar-refractivity contribution in [3.8, 4) is 16.9 Å². The Morgan fingerprint density at radius 2 is 2.07 bits per heavy atom. The molecule has 6 heteroatoms. The number of rotatable bonds is 6. The van der Waals surface area contributed by atoms with Crippen LogP contribution >= 0.6 is 0 Å². The first-order valence-electron chi connectivity index (χ1n) is 8.82. The highest BCUT2D eigenvalue weighted by Gasteiger charge is 2.20. The number of nitrogens with two attached hydrogens (primary N) is 1. The van der Waals surface area contributed by atoms with E-state index in [0.717, 1.165) is 28.8 Å². The summed E-state index contributed by atoms with van der Waals surface area (Å²) in [5.41, 5.74) is 7.81. The van der Waals surface area contributed by atoms with E-state index in [1.807, 2.05) is 30.3 Å². The van der Waals surface area contributed by atoms with Crippen LogP contribution in [0.4, 0.5) is 4.79 Å². The molecule has 0 aliphatic rings. The Morgan fingerprint density at radius 1 is 1.30 bits per heavy atom. The first-order chi connectivity index (χ1) is 12.7. The summed E-state index contributed by atoms with van der Waals surface area (Å²) in [5, 5.41) is 0.740. The molecule has 2 aromatic heterocycles. The summed E-state index contributed by atoms with van der Waals surface area (Å²) >= 11 is 0. The van der Waals surface area contributed by atoms with Gasteiger partial charge < -0.3 is 15.4 Å². The van der Waals surface area contributed by atoms with Crippen LogP contribution < -0.4 is 10.5 Å². The number of benzene rings is 1. The normalized spacial score (nSPS) is 11.9. The van der Waals surface area contributed by atoms with Gasteiger partial charge in [0.1, 0.15) is 11.4 Å². The van der Waals surface area contributed by atoms with Gasteiger partial charge >= 0.3 is 6.03 Å². The molecular weight excluding hydrogens is 340 g/mol. The van der Waals surface area contributed by atoms with Gasteiger partial charge in [-0.1, -0.05) is 26.0 Å². The van der Waals surface area contributed by atoms with Crippen molar-refractivity contribution in [1.82, 2.24) is 14.5 Å². The van der Waals surface area contributed by atoms with E-state index in [9.17, 15) is 4.79 Å². The Morgan fingerprint density at radius 3 is 2.78 bits per heavy atom. The highest BCUT2D eigenvalue weighted by Crippen LogP contribution is 2.27. The number of amides is 1. The number of primary amides is 1. The average Bonchev–Trinajstić information content (AvgIpc) is 3.02. The van der Waals surface area contributed by atoms with Gasteiger partial charge in [0.05, 0.1) is 6.61 Å². The Kier molecular flexibility index (Phi) is 5.19. The second kappa shape index (κ2) is 7.40. The van der Waals surface area contributed by atoms with Crippen LogP contribution in [0.25, 0.3) is 22.2 Å². The van der Waals surface area contributed by atoms with Crippen LogP contribution in [-0.2, 0) is 0 Å². The number of hydrogen-bond donors (Lipinski definition) is 1. The van der Waals surface area contributed by atoms with Crippen molar-refractivity contribution in [3.05, 3.63) is 48.8 Å². The van der Waals surface area contributed by atoms with Crippen molar-refractivity contribution in [2.45, 2.75) is 13.8 Å². The molecule has 0 atom stereocenters. The van der Waals surface area contributed by atoms with Crippen LogP contribution in [-0.4, -0.2) is 47.7 Å². The number of pyridine rings is 1. The molecule has 2 N–H and O–H groups in total. The second-order valence-corrected chi connectivity index (χ2v) is 7.80. The highest BCUT2D eigenvalue weighted by atomic mass is 16.5. The lowest BCUT2D eigenvalue weighted by atomic mass is 9.94. The van der Waals surface area contributed by atoms with Gasteiger partial charge in [-0.05, 0) is 37.9 Å². The maximum atomic E-state index is 11.4. The summed E-state index contributed by atoms with van der Waals surface area (Å²) in [4.78, 5) is 17.9. The summed E-state index contributed by atoms with van der Waals surface area (Å²) in [6.45, 7) is 5.95. The number of carbonyl (C=O) groups is 1. The van der Waals surface area contributed by atoms with Gasteiger partial charge in [-0.2, -0.15) is 0 Å². The Bertz CT molecular complexity index is 960. The summed E-state index contributed by atoms with van der Waals surface area (Å²) in [5.74, 6) is 0.818. The molecule has 1 radical (unpaired) electrons. The predicted molar refractivity (Wildman–Crippen MR) is 107 cm³/mol. The lowest BCUT2D eigenvalue weighted by Crippen LogP contribution is -2.33. The predicted octanol–water partition coefficient (Wildman–Crippen LogP) is 3.40. The van der Waals surface area contributed by atoms with E-state index in [4.69, 9.17) is 10.5 Å². The fourth-order valence-electron chi connectivity index (χ4n) is 3.22. The molecule has 0 saturated carbocycles. The molecule has 2 heterocycles. The van der Waals surface area contributed by atoms with Crippen LogP contribution in [0.5, 0.6) is 5.75 Å². The minimum Gasteiger partial charge on any atom is -0.493 e. The maximum absolute atomic E-state index is 11.4. The summed E-state index contributed by atoms with van der Waals surface area (Å²) in [7, 11) is 4.13. The molecule has 1 aromatic carbocycles. The van der Waals surface area contributed by atoms with E-state index < -0.39 is 6.03 Å². The van der Waals surface area contributed by atoms with Gasteiger partial charge in [0.2, 0.25) is 0 Å². The topological polar surface area (TPSA) is 73.4 Å². The molecule has 0 aliphatic heterocycles. The Balaban J connectivity index is 1.81. The fraction of sp³-hybridized carbons (Fsp3) is 0.333. The molecular formula is C21H25N4O2. The van der Waals surface area contributed by atoms with Crippen molar-refractivity contribution in [1.29, 1.82) is 0 Å². The summed E-state index contributed by atoms with van der Waals surface area (Å²) in [6.07, 6.45) is 3.24. The summed E-state index contributed by atoms with van der Waals surface area (Å²) < 4.78 is 7.32. The van der Waals surface area contributed by atoms with E-state index in [2.05, 4.69) is 43.9 Å². The van der Waals surface area contributed by atoms with Crippen molar-refractivity contribution in [2.75, 3.05) is 27.2 Å². The largest absolute Gasteiger partial charge is 0.493 e. The standard InChI is InChI=1S/C21H25N4O2/c1-21(2,13-24(3)4)14-27-18-7-5-6-15(11-18)17-10-16-8-9-25(20(22)26)19(16)23-12-17/h5-7,9-12H,13-14H2,1-4H3,(H2,22,26). The van der Waals surface area contributed by atoms with Gasteiger partial charge in [0.25, 0.3) is 0 Å². The second-order valence-electron chi connectivity index (χ2n) is 7.80. The van der Waals surface area contributed by atoms with Crippen molar-refractivity contribution in [3.63, 3.8) is 0 Å². The highest BCUT2D eigenvalue weighted by molar-refractivity contribution is 5.90. The summed E-state index contributed by atoms with van der Waals surface area (Å²) in [6, 6.07) is 12.3. The lowest BCUT2D eigenvalue weighted by molar-refractivity contribution is 0.141. The van der Waals surface area contributed by atoms with E-state index in [-0.39, 0.29) is 5.41 Å². The van der Waals surface area contributed by atoms with Gasteiger partial charge in [-0.25, -0.2) is 9.78 Å².